The van der Waals surface area contributed by atoms with Crippen LogP contribution in [0.15, 0.2) is 140 Å². The van der Waals surface area contributed by atoms with Crippen molar-refractivity contribution in [1.29, 1.82) is 0 Å². The summed E-state index contributed by atoms with van der Waals surface area (Å²) in [6.07, 6.45) is 0. The number of anilines is 5. The molecule has 0 atom stereocenters. The van der Waals surface area contributed by atoms with Crippen molar-refractivity contribution in [2.75, 3.05) is 15.8 Å². The quantitative estimate of drug-likeness (QED) is 0.256. The van der Waals surface area contributed by atoms with E-state index in [4.69, 9.17) is 0 Å². The van der Waals surface area contributed by atoms with E-state index in [0.29, 0.717) is 0 Å². The lowest BCUT2D eigenvalue weighted by atomic mass is 10.0. The number of hydrogen-bond donors (Lipinski definition) is 2. The maximum absolute atomic E-state index is 3.62. The van der Waals surface area contributed by atoms with Gasteiger partial charge in [-0.05, 0) is 54.1 Å². The van der Waals surface area contributed by atoms with E-state index in [0.717, 1.165) is 39.6 Å². The van der Waals surface area contributed by atoms with Crippen molar-refractivity contribution in [3.8, 4) is 11.1 Å². The normalized spacial score (nSPS) is 10.4. The van der Waals surface area contributed by atoms with Crippen molar-refractivity contribution in [1.82, 2.24) is 0 Å². The molecule has 0 aromatic heterocycles. The molecule has 5 aromatic rings. The van der Waals surface area contributed by atoms with Gasteiger partial charge in [-0.3, -0.25) is 10.4 Å². The van der Waals surface area contributed by atoms with Gasteiger partial charge in [-0.15, -0.1) is 0 Å². The second-order valence-electron chi connectivity index (χ2n) is 7.74. The van der Waals surface area contributed by atoms with E-state index in [1.165, 1.54) is 0 Å². The number of nitrogens with one attached hydrogen (secondary N) is 2. The minimum Gasteiger partial charge on any atom is -0.355 e. The SMILES string of the molecule is c1ccc(Nc2ccc(-c3ccccc3)c(N(Nc3ccccc3)c3ccccc3)c2)cc1. The summed E-state index contributed by atoms with van der Waals surface area (Å²) in [7, 11) is 0. The molecule has 0 aliphatic rings. The molecule has 0 spiro atoms. The van der Waals surface area contributed by atoms with E-state index in [-0.39, 0.29) is 0 Å². The third-order valence-corrected chi connectivity index (χ3v) is 5.41. The molecular weight excluding hydrogens is 402 g/mol. The maximum Gasteiger partial charge on any atom is 0.0729 e. The molecule has 5 aromatic carbocycles. The molecule has 3 heteroatoms. The molecule has 0 saturated carbocycles. The highest BCUT2D eigenvalue weighted by molar-refractivity contribution is 5.86. The van der Waals surface area contributed by atoms with Crippen LogP contribution in [0.5, 0.6) is 0 Å². The largest absolute Gasteiger partial charge is 0.355 e. The van der Waals surface area contributed by atoms with E-state index < -0.39 is 0 Å². The van der Waals surface area contributed by atoms with E-state index in [9.17, 15) is 0 Å². The first kappa shape index (κ1) is 20.4. The smallest absolute Gasteiger partial charge is 0.0729 e. The van der Waals surface area contributed by atoms with Crippen LogP contribution in [-0.4, -0.2) is 0 Å². The fourth-order valence-corrected chi connectivity index (χ4v) is 3.83. The van der Waals surface area contributed by atoms with Crippen molar-refractivity contribution in [3.63, 3.8) is 0 Å². The average Bonchev–Trinajstić information content (AvgIpc) is 2.89. The molecule has 2 N–H and O–H groups in total. The van der Waals surface area contributed by atoms with Crippen LogP contribution in [0.2, 0.25) is 0 Å². The highest BCUT2D eigenvalue weighted by Crippen LogP contribution is 2.38. The molecule has 160 valence electrons. The van der Waals surface area contributed by atoms with Crippen LogP contribution in [0.3, 0.4) is 0 Å². The van der Waals surface area contributed by atoms with Crippen LogP contribution in [0.1, 0.15) is 0 Å². The van der Waals surface area contributed by atoms with E-state index in [1.807, 2.05) is 48.5 Å². The second-order valence-corrected chi connectivity index (χ2v) is 7.74. The van der Waals surface area contributed by atoms with Gasteiger partial charge in [0, 0.05) is 16.9 Å². The first-order valence-electron chi connectivity index (χ1n) is 11.1. The Morgan fingerprint density at radius 3 is 1.64 bits per heavy atom. The number of benzene rings is 5. The Hall–Kier alpha value is -4.50. The van der Waals surface area contributed by atoms with E-state index in [2.05, 4.69) is 107 Å². The fraction of sp³-hybridized carbons (Fsp3) is 0. The Morgan fingerprint density at radius 2 is 1.00 bits per heavy atom. The lowest BCUT2D eigenvalue weighted by molar-refractivity contribution is 1.16. The number of nitrogens with zero attached hydrogens (tertiary/aromatic N) is 1. The summed E-state index contributed by atoms with van der Waals surface area (Å²) >= 11 is 0. The predicted octanol–water partition coefficient (Wildman–Crippen LogP) is 8.26. The molecule has 3 nitrogen and oxygen atoms in total. The molecule has 0 fully saturated rings. The van der Waals surface area contributed by atoms with Crippen LogP contribution in [0, 0.1) is 0 Å². The molecule has 5 rings (SSSR count). The highest BCUT2D eigenvalue weighted by Gasteiger charge is 2.16. The van der Waals surface area contributed by atoms with Crippen LogP contribution in [0.4, 0.5) is 28.4 Å². The minimum atomic E-state index is 1.02. The summed E-state index contributed by atoms with van der Waals surface area (Å²) in [5.41, 5.74) is 11.1. The topological polar surface area (TPSA) is 27.3 Å². The summed E-state index contributed by atoms with van der Waals surface area (Å²) < 4.78 is 0. The third kappa shape index (κ3) is 4.89. The van der Waals surface area contributed by atoms with Gasteiger partial charge < -0.3 is 5.32 Å². The van der Waals surface area contributed by atoms with Gasteiger partial charge in [0.2, 0.25) is 0 Å². The fourth-order valence-electron chi connectivity index (χ4n) is 3.83. The van der Waals surface area contributed by atoms with E-state index >= 15 is 0 Å². The van der Waals surface area contributed by atoms with Crippen LogP contribution >= 0.6 is 0 Å². The maximum atomic E-state index is 3.62. The van der Waals surface area contributed by atoms with Crippen molar-refractivity contribution >= 4 is 28.4 Å². The van der Waals surface area contributed by atoms with E-state index in [1.54, 1.807) is 0 Å². The zero-order valence-corrected chi connectivity index (χ0v) is 18.2. The summed E-state index contributed by atoms with van der Waals surface area (Å²) in [5.74, 6) is 0. The first-order valence-corrected chi connectivity index (χ1v) is 11.1. The molecule has 0 amide bonds. The lowest BCUT2D eigenvalue weighted by Gasteiger charge is -2.29. The monoisotopic (exact) mass is 427 g/mol. The predicted molar refractivity (Wildman–Crippen MR) is 140 cm³/mol. The Labute approximate surface area is 194 Å². The highest BCUT2D eigenvalue weighted by atomic mass is 15.5. The van der Waals surface area contributed by atoms with Gasteiger partial charge in [-0.2, -0.15) is 0 Å². The molecule has 0 aliphatic heterocycles. The Bertz CT molecular complexity index is 1290. The van der Waals surface area contributed by atoms with Gasteiger partial charge in [0.25, 0.3) is 0 Å². The van der Waals surface area contributed by atoms with Crippen molar-refractivity contribution in [2.24, 2.45) is 0 Å². The summed E-state index contributed by atoms with van der Waals surface area (Å²) in [5, 5.41) is 5.69. The molecule has 0 unspecified atom stereocenters. The average molecular weight is 428 g/mol. The lowest BCUT2D eigenvalue weighted by Crippen LogP contribution is -2.25. The van der Waals surface area contributed by atoms with Crippen LogP contribution < -0.4 is 15.8 Å². The van der Waals surface area contributed by atoms with Crippen molar-refractivity contribution in [2.45, 2.75) is 0 Å². The van der Waals surface area contributed by atoms with Crippen LogP contribution in [-0.2, 0) is 0 Å². The van der Waals surface area contributed by atoms with Crippen molar-refractivity contribution < 1.29 is 0 Å². The zero-order valence-electron chi connectivity index (χ0n) is 18.2. The van der Waals surface area contributed by atoms with Crippen molar-refractivity contribution in [3.05, 3.63) is 140 Å². The first-order chi connectivity index (χ1) is 16.4. The minimum absolute atomic E-state index is 1.02. The molecule has 0 heterocycles. The molecule has 33 heavy (non-hydrogen) atoms. The number of rotatable bonds is 7. The van der Waals surface area contributed by atoms with Gasteiger partial charge in [0.05, 0.1) is 17.1 Å². The Morgan fingerprint density at radius 1 is 0.455 bits per heavy atom. The van der Waals surface area contributed by atoms with Gasteiger partial charge in [0.15, 0.2) is 0 Å². The molecular formula is C30H25N3. The molecule has 0 radical (unpaired) electrons. The van der Waals surface area contributed by atoms with Gasteiger partial charge in [0.1, 0.15) is 0 Å². The molecule has 0 aliphatic carbocycles. The number of hydrogen-bond acceptors (Lipinski definition) is 3. The third-order valence-electron chi connectivity index (χ3n) is 5.41. The van der Waals surface area contributed by atoms with Gasteiger partial charge in [-0.25, -0.2) is 0 Å². The Balaban J connectivity index is 1.64. The summed E-state index contributed by atoms with van der Waals surface area (Å²) in [6.45, 7) is 0. The molecule has 0 bridgehead atoms. The zero-order chi connectivity index (χ0) is 22.3. The molecule has 0 saturated heterocycles. The van der Waals surface area contributed by atoms with Crippen LogP contribution in [0.25, 0.3) is 11.1 Å². The number of para-hydroxylation sites is 3. The number of hydrazine groups is 1. The summed E-state index contributed by atoms with van der Waals surface area (Å²) in [6, 6.07) is 47.9. The van der Waals surface area contributed by atoms with Gasteiger partial charge >= 0.3 is 0 Å². The Kier molecular flexibility index (Phi) is 6.03. The van der Waals surface area contributed by atoms with Gasteiger partial charge in [-0.1, -0.05) is 91.0 Å². The second kappa shape index (κ2) is 9.75. The summed E-state index contributed by atoms with van der Waals surface area (Å²) in [4.78, 5) is 0. The standard InChI is InChI=1S/C30H25N3/c1-5-13-24(14-6-1)29-22-21-27(31-25-15-7-2-8-16-25)23-30(29)33(28-19-11-4-12-20-28)32-26-17-9-3-10-18-26/h1-23,31-32H.